The SMILES string of the molecule is O=C(CCc1ccc(Cl)cc1Cl)N1CCN(c2ccc(C(F)(F)F)cc2CNCCc2ccccc2S)CC1. The first-order chi connectivity index (χ1) is 18.6. The number of piperazine rings is 1. The molecule has 0 bridgehead atoms. The molecule has 1 saturated heterocycles. The van der Waals surface area contributed by atoms with Gasteiger partial charge in [-0.15, -0.1) is 12.6 Å². The van der Waals surface area contributed by atoms with Crippen LogP contribution in [0.4, 0.5) is 18.9 Å². The zero-order valence-electron chi connectivity index (χ0n) is 21.3. The maximum atomic E-state index is 13.5. The second-order valence-corrected chi connectivity index (χ2v) is 10.8. The molecule has 4 nitrogen and oxygen atoms in total. The molecular weight excluding hydrogens is 566 g/mol. The summed E-state index contributed by atoms with van der Waals surface area (Å²) in [4.78, 5) is 17.6. The van der Waals surface area contributed by atoms with Gasteiger partial charge in [-0.05, 0) is 72.5 Å². The molecule has 0 spiro atoms. The predicted octanol–water partition coefficient (Wildman–Crippen LogP) is 6.91. The van der Waals surface area contributed by atoms with Crippen molar-refractivity contribution < 1.29 is 18.0 Å². The van der Waals surface area contributed by atoms with Crippen LogP contribution in [0, 0.1) is 0 Å². The van der Waals surface area contributed by atoms with Crippen LogP contribution in [-0.4, -0.2) is 43.5 Å². The number of hydrogen-bond donors (Lipinski definition) is 2. The summed E-state index contributed by atoms with van der Waals surface area (Å²) in [7, 11) is 0. The number of aryl methyl sites for hydroxylation is 1. The third-order valence-corrected chi connectivity index (χ3v) is 7.90. The van der Waals surface area contributed by atoms with Crippen LogP contribution in [0.2, 0.25) is 10.0 Å². The van der Waals surface area contributed by atoms with Crippen LogP contribution < -0.4 is 10.2 Å². The van der Waals surface area contributed by atoms with E-state index in [0.717, 1.165) is 34.2 Å². The summed E-state index contributed by atoms with van der Waals surface area (Å²) in [6, 6.07) is 16.9. The number of amides is 1. The molecule has 10 heteroatoms. The first kappa shape index (κ1) is 29.6. The highest BCUT2D eigenvalue weighted by molar-refractivity contribution is 7.80. The number of anilines is 1. The number of halogens is 5. The topological polar surface area (TPSA) is 35.6 Å². The Morgan fingerprint density at radius 3 is 2.33 bits per heavy atom. The van der Waals surface area contributed by atoms with Crippen molar-refractivity contribution in [3.8, 4) is 0 Å². The van der Waals surface area contributed by atoms with Crippen LogP contribution in [0.15, 0.2) is 65.6 Å². The van der Waals surface area contributed by atoms with E-state index in [-0.39, 0.29) is 5.91 Å². The molecule has 0 aliphatic carbocycles. The summed E-state index contributed by atoms with van der Waals surface area (Å²) in [6.45, 7) is 2.99. The highest BCUT2D eigenvalue weighted by Gasteiger charge is 2.32. The smallest absolute Gasteiger partial charge is 0.368 e. The molecule has 0 atom stereocenters. The molecule has 0 aromatic heterocycles. The van der Waals surface area contributed by atoms with Gasteiger partial charge in [0.1, 0.15) is 0 Å². The van der Waals surface area contributed by atoms with Crippen LogP contribution >= 0.6 is 35.8 Å². The van der Waals surface area contributed by atoms with Gasteiger partial charge in [0.05, 0.1) is 5.56 Å². The number of carbonyl (C=O) groups excluding carboxylic acids is 1. The van der Waals surface area contributed by atoms with Crippen molar-refractivity contribution in [1.29, 1.82) is 0 Å². The van der Waals surface area contributed by atoms with Crippen LogP contribution in [0.1, 0.15) is 28.7 Å². The largest absolute Gasteiger partial charge is 0.416 e. The lowest BCUT2D eigenvalue weighted by atomic mass is 10.1. The van der Waals surface area contributed by atoms with Crippen LogP contribution in [0.3, 0.4) is 0 Å². The van der Waals surface area contributed by atoms with Gasteiger partial charge in [-0.25, -0.2) is 0 Å². The van der Waals surface area contributed by atoms with E-state index in [1.807, 2.05) is 30.3 Å². The lowest BCUT2D eigenvalue weighted by Gasteiger charge is -2.37. The quantitative estimate of drug-likeness (QED) is 0.208. The molecule has 39 heavy (non-hydrogen) atoms. The van der Waals surface area contributed by atoms with Crippen molar-refractivity contribution in [2.45, 2.75) is 36.9 Å². The van der Waals surface area contributed by atoms with Crippen LogP contribution in [0.25, 0.3) is 0 Å². The Hall–Kier alpha value is -2.39. The van der Waals surface area contributed by atoms with Gasteiger partial charge >= 0.3 is 6.18 Å². The van der Waals surface area contributed by atoms with E-state index in [0.29, 0.717) is 67.7 Å². The number of nitrogens with one attached hydrogen (secondary N) is 1. The second kappa shape index (κ2) is 13.3. The third kappa shape index (κ3) is 8.07. The normalized spacial score (nSPS) is 14.1. The minimum absolute atomic E-state index is 0.0273. The molecule has 1 fully saturated rings. The Bertz CT molecular complexity index is 1300. The minimum Gasteiger partial charge on any atom is -0.368 e. The molecule has 3 aromatic carbocycles. The van der Waals surface area contributed by atoms with Crippen LogP contribution in [-0.2, 0) is 30.4 Å². The zero-order chi connectivity index (χ0) is 28.0. The van der Waals surface area contributed by atoms with Crippen molar-refractivity contribution in [2.24, 2.45) is 0 Å². The molecule has 1 aliphatic heterocycles. The summed E-state index contributed by atoms with van der Waals surface area (Å²) in [5.41, 5.74) is 2.62. The van der Waals surface area contributed by atoms with E-state index in [1.54, 1.807) is 23.1 Å². The number of hydrogen-bond acceptors (Lipinski definition) is 4. The van der Waals surface area contributed by atoms with E-state index >= 15 is 0 Å². The Kier molecular flexibility index (Phi) is 10.1. The fraction of sp³-hybridized carbons (Fsp3) is 0.345. The Morgan fingerprint density at radius 1 is 0.897 bits per heavy atom. The molecule has 0 unspecified atom stereocenters. The molecular formula is C29H30Cl2F3N3OS. The number of alkyl halides is 3. The molecule has 4 rings (SSSR count). The summed E-state index contributed by atoms with van der Waals surface area (Å²) < 4.78 is 40.4. The van der Waals surface area contributed by atoms with E-state index in [4.69, 9.17) is 23.2 Å². The van der Waals surface area contributed by atoms with Gasteiger partial charge in [-0.3, -0.25) is 4.79 Å². The van der Waals surface area contributed by atoms with E-state index < -0.39 is 11.7 Å². The third-order valence-electron chi connectivity index (χ3n) is 6.88. The summed E-state index contributed by atoms with van der Waals surface area (Å²) in [5, 5.41) is 4.38. The number of nitrogens with zero attached hydrogens (tertiary/aromatic N) is 2. The van der Waals surface area contributed by atoms with Gasteiger partial charge < -0.3 is 15.1 Å². The van der Waals surface area contributed by atoms with Gasteiger partial charge in [-0.1, -0.05) is 47.5 Å². The van der Waals surface area contributed by atoms with Crippen molar-refractivity contribution in [1.82, 2.24) is 10.2 Å². The molecule has 1 amide bonds. The molecule has 1 heterocycles. The van der Waals surface area contributed by atoms with Gasteiger partial charge in [0.2, 0.25) is 5.91 Å². The number of rotatable bonds is 9. The van der Waals surface area contributed by atoms with Gasteiger partial charge in [-0.2, -0.15) is 13.2 Å². The molecule has 0 saturated carbocycles. The van der Waals surface area contributed by atoms with E-state index in [2.05, 4.69) is 22.8 Å². The van der Waals surface area contributed by atoms with Crippen molar-refractivity contribution >= 4 is 47.4 Å². The van der Waals surface area contributed by atoms with Gasteiger partial charge in [0.25, 0.3) is 0 Å². The van der Waals surface area contributed by atoms with E-state index in [9.17, 15) is 18.0 Å². The van der Waals surface area contributed by atoms with Gasteiger partial charge in [0.15, 0.2) is 0 Å². The van der Waals surface area contributed by atoms with Crippen LogP contribution in [0.5, 0.6) is 0 Å². The monoisotopic (exact) mass is 595 g/mol. The Morgan fingerprint density at radius 2 is 1.64 bits per heavy atom. The fourth-order valence-corrected chi connectivity index (χ4v) is 5.48. The molecule has 0 radical (unpaired) electrons. The van der Waals surface area contributed by atoms with Crippen molar-refractivity contribution in [3.63, 3.8) is 0 Å². The average Bonchev–Trinajstić information content (AvgIpc) is 2.91. The Balaban J connectivity index is 1.36. The standard InChI is InChI=1S/C29H30Cl2F3N3OS/c30-24-8-5-20(25(31)18-24)6-10-28(38)37-15-13-36(14-16-37)26-9-7-23(29(32,33)34)17-22(26)19-35-12-11-21-3-1-2-4-27(21)39/h1-5,7-9,17-18,35,39H,6,10-16,19H2. The van der Waals surface area contributed by atoms with Crippen molar-refractivity contribution in [3.05, 3.63) is 93.0 Å². The number of carbonyl (C=O) groups is 1. The molecule has 1 aliphatic rings. The molecule has 208 valence electrons. The summed E-state index contributed by atoms with van der Waals surface area (Å²) >= 11 is 16.6. The maximum absolute atomic E-state index is 13.5. The second-order valence-electron chi connectivity index (χ2n) is 9.50. The average molecular weight is 597 g/mol. The first-order valence-corrected chi connectivity index (χ1v) is 14.0. The lowest BCUT2D eigenvalue weighted by Crippen LogP contribution is -2.49. The summed E-state index contributed by atoms with van der Waals surface area (Å²) in [5.74, 6) is 0.0273. The molecule has 3 aromatic rings. The highest BCUT2D eigenvalue weighted by atomic mass is 35.5. The van der Waals surface area contributed by atoms with Crippen molar-refractivity contribution in [2.75, 3.05) is 37.6 Å². The van der Waals surface area contributed by atoms with E-state index in [1.165, 1.54) is 6.07 Å². The lowest BCUT2D eigenvalue weighted by molar-refractivity contribution is -0.137. The predicted molar refractivity (Wildman–Crippen MR) is 154 cm³/mol. The molecule has 1 N–H and O–H groups in total. The number of thiol groups is 1. The number of benzene rings is 3. The Labute approximate surface area is 242 Å². The maximum Gasteiger partial charge on any atom is 0.416 e. The highest BCUT2D eigenvalue weighted by Crippen LogP contribution is 2.33. The minimum atomic E-state index is -4.42. The zero-order valence-corrected chi connectivity index (χ0v) is 23.7. The van der Waals surface area contributed by atoms with Gasteiger partial charge in [0, 0.05) is 59.8 Å². The summed E-state index contributed by atoms with van der Waals surface area (Å²) in [6.07, 6.45) is -2.86. The first-order valence-electron chi connectivity index (χ1n) is 12.8. The fourth-order valence-electron chi connectivity index (χ4n) is 4.70.